The van der Waals surface area contributed by atoms with Crippen molar-refractivity contribution in [2.45, 2.75) is 50.8 Å². The molecule has 3 aliphatic heterocycles. The van der Waals surface area contributed by atoms with E-state index >= 15 is 0 Å². The number of aryl methyl sites for hydroxylation is 1. The predicted molar refractivity (Wildman–Crippen MR) is 78.6 cm³/mol. The summed E-state index contributed by atoms with van der Waals surface area (Å²) in [7, 11) is 0. The number of hydrogen-bond acceptors (Lipinski definition) is 3. The summed E-state index contributed by atoms with van der Waals surface area (Å²) < 4.78 is 6.05. The summed E-state index contributed by atoms with van der Waals surface area (Å²) in [6.45, 7) is 2.97. The molecule has 3 aliphatic rings. The van der Waals surface area contributed by atoms with E-state index in [4.69, 9.17) is 4.74 Å². The van der Waals surface area contributed by atoms with Gasteiger partial charge in [-0.2, -0.15) is 0 Å². The first-order chi connectivity index (χ1) is 10.1. The summed E-state index contributed by atoms with van der Waals surface area (Å²) in [4.78, 5) is 13.7. The zero-order valence-electron chi connectivity index (χ0n) is 12.3. The van der Waals surface area contributed by atoms with Crippen LogP contribution in [0.5, 0.6) is 5.75 Å². The van der Waals surface area contributed by atoms with Crippen LogP contribution in [0.4, 0.5) is 0 Å². The van der Waals surface area contributed by atoms with Crippen LogP contribution in [0.25, 0.3) is 0 Å². The lowest BCUT2D eigenvalue weighted by atomic mass is 9.89. The summed E-state index contributed by atoms with van der Waals surface area (Å²) in [5, 5.41) is 9.33. The highest BCUT2D eigenvalue weighted by Crippen LogP contribution is 2.42. The molecule has 4 unspecified atom stereocenters. The molecule has 2 bridgehead atoms. The molecule has 4 atom stereocenters. The Morgan fingerprint density at radius 3 is 3.05 bits per heavy atom. The average molecular weight is 287 g/mol. The topological polar surface area (TPSA) is 49.8 Å². The highest BCUT2D eigenvalue weighted by atomic mass is 16.5. The van der Waals surface area contributed by atoms with Gasteiger partial charge in [0.05, 0.1) is 5.92 Å². The second-order valence-electron chi connectivity index (χ2n) is 6.73. The number of benzene rings is 1. The molecule has 4 heteroatoms. The molecule has 0 saturated carbocycles. The first-order valence-corrected chi connectivity index (χ1v) is 7.86. The van der Waals surface area contributed by atoms with Crippen molar-refractivity contribution < 1.29 is 14.6 Å². The van der Waals surface area contributed by atoms with E-state index in [1.165, 1.54) is 11.1 Å². The van der Waals surface area contributed by atoms with Gasteiger partial charge in [-0.1, -0.05) is 17.7 Å². The summed E-state index contributed by atoms with van der Waals surface area (Å²) in [6, 6.07) is 7.02. The largest absolute Gasteiger partial charge is 0.488 e. The van der Waals surface area contributed by atoms with Crippen LogP contribution in [-0.4, -0.2) is 40.7 Å². The van der Waals surface area contributed by atoms with Crippen LogP contribution in [0.3, 0.4) is 0 Å². The fourth-order valence-corrected chi connectivity index (χ4v) is 4.44. The minimum Gasteiger partial charge on any atom is -0.488 e. The Balaban J connectivity index is 1.46. The number of nitrogens with zero attached hydrogens (tertiary/aromatic N) is 1. The molecule has 1 aromatic carbocycles. The molecule has 0 aromatic heterocycles. The van der Waals surface area contributed by atoms with E-state index in [0.717, 1.165) is 38.0 Å². The lowest BCUT2D eigenvalue weighted by molar-refractivity contribution is -0.142. The maximum atomic E-state index is 11.3. The number of fused-ring (bicyclic) bond motifs is 3. The van der Waals surface area contributed by atoms with Crippen LogP contribution in [0, 0.1) is 12.8 Å². The first-order valence-electron chi connectivity index (χ1n) is 7.86. The van der Waals surface area contributed by atoms with Crippen molar-refractivity contribution in [3.05, 3.63) is 29.3 Å². The van der Waals surface area contributed by atoms with Gasteiger partial charge < -0.3 is 9.84 Å². The SMILES string of the molecule is Cc1ccc2c(c1)CC(CN1C3CCC1C(C(=O)O)C3)O2. The molecule has 0 radical (unpaired) electrons. The molecule has 0 spiro atoms. The van der Waals surface area contributed by atoms with Crippen molar-refractivity contribution in [1.29, 1.82) is 0 Å². The van der Waals surface area contributed by atoms with Gasteiger partial charge in [0.1, 0.15) is 11.9 Å². The van der Waals surface area contributed by atoms with Crippen molar-refractivity contribution in [2.75, 3.05) is 6.54 Å². The van der Waals surface area contributed by atoms with Gasteiger partial charge in [-0.05, 0) is 37.8 Å². The first kappa shape index (κ1) is 13.1. The van der Waals surface area contributed by atoms with Crippen LogP contribution in [0.1, 0.15) is 30.4 Å². The summed E-state index contributed by atoms with van der Waals surface area (Å²) >= 11 is 0. The smallest absolute Gasteiger partial charge is 0.308 e. The average Bonchev–Trinajstić information content (AvgIpc) is 3.11. The summed E-state index contributed by atoms with van der Waals surface area (Å²) in [6.07, 6.45) is 4.12. The molecule has 1 N–H and O–H groups in total. The Kier molecular flexibility index (Phi) is 2.96. The van der Waals surface area contributed by atoms with Gasteiger partial charge in [0, 0.05) is 25.0 Å². The van der Waals surface area contributed by atoms with E-state index in [2.05, 4.69) is 30.0 Å². The van der Waals surface area contributed by atoms with Gasteiger partial charge in [0.25, 0.3) is 0 Å². The van der Waals surface area contributed by atoms with E-state index in [1.807, 2.05) is 0 Å². The second kappa shape index (κ2) is 4.73. The molecular formula is C17H21NO3. The Morgan fingerprint density at radius 1 is 1.43 bits per heavy atom. The predicted octanol–water partition coefficient (Wildman–Crippen LogP) is 2.24. The molecule has 2 fully saturated rings. The quantitative estimate of drug-likeness (QED) is 0.926. The maximum Gasteiger partial charge on any atom is 0.308 e. The van der Waals surface area contributed by atoms with Crippen LogP contribution in [0.15, 0.2) is 18.2 Å². The van der Waals surface area contributed by atoms with E-state index in [9.17, 15) is 9.90 Å². The minimum atomic E-state index is -0.626. The molecule has 4 nitrogen and oxygen atoms in total. The van der Waals surface area contributed by atoms with Crippen LogP contribution >= 0.6 is 0 Å². The van der Waals surface area contributed by atoms with Gasteiger partial charge in [0.2, 0.25) is 0 Å². The van der Waals surface area contributed by atoms with Crippen molar-refractivity contribution in [1.82, 2.24) is 4.90 Å². The monoisotopic (exact) mass is 287 g/mol. The number of aliphatic carboxylic acids is 1. The molecule has 1 aromatic rings. The van der Waals surface area contributed by atoms with Gasteiger partial charge in [-0.3, -0.25) is 9.69 Å². The van der Waals surface area contributed by atoms with Crippen LogP contribution < -0.4 is 4.74 Å². The van der Waals surface area contributed by atoms with E-state index in [1.54, 1.807) is 0 Å². The highest BCUT2D eigenvalue weighted by Gasteiger charge is 2.50. The number of hydrogen-bond donors (Lipinski definition) is 1. The van der Waals surface area contributed by atoms with E-state index in [0.29, 0.717) is 6.04 Å². The minimum absolute atomic E-state index is 0.172. The molecule has 3 heterocycles. The summed E-state index contributed by atoms with van der Waals surface area (Å²) in [5.74, 6) is 0.208. The molecule has 0 amide bonds. The Labute approximate surface area is 124 Å². The molecule has 0 aliphatic carbocycles. The lowest BCUT2D eigenvalue weighted by Gasteiger charge is -2.25. The maximum absolute atomic E-state index is 11.3. The van der Waals surface area contributed by atoms with Gasteiger partial charge in [0.15, 0.2) is 0 Å². The Bertz CT molecular complexity index is 585. The second-order valence-corrected chi connectivity index (χ2v) is 6.73. The van der Waals surface area contributed by atoms with Crippen LogP contribution in [-0.2, 0) is 11.2 Å². The standard InChI is InChI=1S/C17H21NO3/c1-10-2-5-16-11(6-10)7-13(21-16)9-18-12-3-4-15(18)14(8-12)17(19)20/h2,5-6,12-15H,3-4,7-9H2,1H3,(H,19,20). The van der Waals surface area contributed by atoms with Gasteiger partial charge in [-0.15, -0.1) is 0 Å². The fraction of sp³-hybridized carbons (Fsp3) is 0.588. The number of carboxylic acids is 1. The highest BCUT2D eigenvalue weighted by molar-refractivity contribution is 5.71. The van der Waals surface area contributed by atoms with Crippen molar-refractivity contribution in [3.63, 3.8) is 0 Å². The zero-order chi connectivity index (χ0) is 14.6. The number of ether oxygens (including phenoxy) is 1. The van der Waals surface area contributed by atoms with E-state index in [-0.39, 0.29) is 18.1 Å². The zero-order valence-corrected chi connectivity index (χ0v) is 12.3. The third-order valence-corrected chi connectivity index (χ3v) is 5.37. The third kappa shape index (κ3) is 2.13. The molecule has 4 rings (SSSR count). The van der Waals surface area contributed by atoms with Crippen LogP contribution in [0.2, 0.25) is 0 Å². The third-order valence-electron chi connectivity index (χ3n) is 5.37. The Morgan fingerprint density at radius 2 is 2.29 bits per heavy atom. The molecule has 2 saturated heterocycles. The normalized spacial score (nSPS) is 34.0. The number of carbonyl (C=O) groups is 1. The van der Waals surface area contributed by atoms with Crippen molar-refractivity contribution in [2.24, 2.45) is 5.92 Å². The van der Waals surface area contributed by atoms with Gasteiger partial charge in [-0.25, -0.2) is 0 Å². The van der Waals surface area contributed by atoms with Crippen molar-refractivity contribution in [3.8, 4) is 5.75 Å². The Hall–Kier alpha value is -1.55. The van der Waals surface area contributed by atoms with Gasteiger partial charge >= 0.3 is 5.97 Å². The number of carboxylic acid groups (broad SMARTS) is 1. The van der Waals surface area contributed by atoms with E-state index < -0.39 is 5.97 Å². The molecule has 112 valence electrons. The molecular weight excluding hydrogens is 266 g/mol. The molecule has 21 heavy (non-hydrogen) atoms. The lowest BCUT2D eigenvalue weighted by Crippen LogP contribution is -2.39. The summed E-state index contributed by atoms with van der Waals surface area (Å²) in [5.41, 5.74) is 2.56. The number of rotatable bonds is 3. The van der Waals surface area contributed by atoms with Crippen molar-refractivity contribution >= 4 is 5.97 Å². The fourth-order valence-electron chi connectivity index (χ4n) is 4.44.